The Morgan fingerprint density at radius 3 is 2.78 bits per heavy atom. The van der Waals surface area contributed by atoms with Crippen LogP contribution in [0.4, 0.5) is 5.69 Å². The Morgan fingerprint density at radius 1 is 1.48 bits per heavy atom. The maximum atomic E-state index is 12.6. The summed E-state index contributed by atoms with van der Waals surface area (Å²) in [6.45, 7) is 5.43. The average Bonchev–Trinajstić information content (AvgIpc) is 2.90. The number of hydrogen-bond acceptors (Lipinski definition) is 5. The van der Waals surface area contributed by atoms with Crippen LogP contribution in [0, 0.1) is 0 Å². The number of anilines is 1. The second-order valence-electron chi connectivity index (χ2n) is 4.80. The Labute approximate surface area is 143 Å². The van der Waals surface area contributed by atoms with Gasteiger partial charge in [0.1, 0.15) is 5.69 Å². The lowest BCUT2D eigenvalue weighted by atomic mass is 10.3. The molecule has 8 heteroatoms. The van der Waals surface area contributed by atoms with Crippen molar-refractivity contribution in [3.63, 3.8) is 0 Å². The minimum atomic E-state index is -0.481. The molecule has 1 atom stereocenters. The molecule has 2 aromatic rings. The lowest BCUT2D eigenvalue weighted by Gasteiger charge is -2.22. The molecule has 0 bridgehead atoms. The number of amides is 1. The second kappa shape index (κ2) is 7.61. The van der Waals surface area contributed by atoms with Gasteiger partial charge in [0.25, 0.3) is 0 Å². The molecule has 0 aliphatic rings. The van der Waals surface area contributed by atoms with Gasteiger partial charge in [0.15, 0.2) is 10.3 Å². The van der Waals surface area contributed by atoms with Crippen molar-refractivity contribution in [1.29, 1.82) is 0 Å². The number of hydrogen-bond donors (Lipinski definition) is 0. The van der Waals surface area contributed by atoms with E-state index in [1.54, 1.807) is 36.3 Å². The van der Waals surface area contributed by atoms with Gasteiger partial charge in [0.2, 0.25) is 5.91 Å². The van der Waals surface area contributed by atoms with Crippen molar-refractivity contribution in [1.82, 2.24) is 14.8 Å². The van der Waals surface area contributed by atoms with Crippen LogP contribution in [0.1, 0.15) is 20.8 Å². The molecule has 0 fully saturated rings. The van der Waals surface area contributed by atoms with Crippen LogP contribution in [-0.2, 0) is 9.59 Å². The van der Waals surface area contributed by atoms with Crippen molar-refractivity contribution < 1.29 is 9.59 Å². The molecule has 0 saturated carbocycles. The molecule has 0 spiro atoms. The number of aromatic nitrogens is 3. The van der Waals surface area contributed by atoms with E-state index in [-0.39, 0.29) is 16.2 Å². The quantitative estimate of drug-likeness (QED) is 0.827. The van der Waals surface area contributed by atoms with Crippen LogP contribution in [0.5, 0.6) is 0 Å². The summed E-state index contributed by atoms with van der Waals surface area (Å²) in [7, 11) is 0. The fourth-order valence-electron chi connectivity index (χ4n) is 2.11. The zero-order valence-corrected chi connectivity index (χ0v) is 14.6. The first-order valence-electron chi connectivity index (χ1n) is 7.08. The van der Waals surface area contributed by atoms with Crippen molar-refractivity contribution >= 4 is 40.1 Å². The highest BCUT2D eigenvalue weighted by Crippen LogP contribution is 2.28. The normalized spacial score (nSPS) is 12.0. The van der Waals surface area contributed by atoms with Crippen LogP contribution in [0.3, 0.4) is 0 Å². The van der Waals surface area contributed by atoms with Gasteiger partial charge in [-0.1, -0.05) is 23.4 Å². The summed E-state index contributed by atoms with van der Waals surface area (Å²) >= 11 is 7.20. The standard InChI is InChI=1S/C15H17ClN4O2S/c1-4-19(15(22)10(2)23-11(3)21)13-9-20(18-14(13)16)12-6-5-7-17-8-12/h5-10H,4H2,1-3H3. The van der Waals surface area contributed by atoms with E-state index >= 15 is 0 Å². The van der Waals surface area contributed by atoms with Gasteiger partial charge >= 0.3 is 0 Å². The Bertz CT molecular complexity index is 705. The summed E-state index contributed by atoms with van der Waals surface area (Å²) in [6.07, 6.45) is 5.00. The molecule has 122 valence electrons. The Balaban J connectivity index is 2.30. The second-order valence-corrected chi connectivity index (χ2v) is 6.67. The van der Waals surface area contributed by atoms with Crippen molar-refractivity contribution in [2.45, 2.75) is 26.0 Å². The first-order valence-corrected chi connectivity index (χ1v) is 8.34. The number of nitrogens with zero attached hydrogens (tertiary/aromatic N) is 4. The van der Waals surface area contributed by atoms with Crippen LogP contribution in [0.2, 0.25) is 5.15 Å². The third-order valence-electron chi connectivity index (χ3n) is 3.13. The SMILES string of the molecule is CCN(C(=O)C(C)SC(C)=O)c1cn(-c2cccnc2)nc1Cl. The van der Waals surface area contributed by atoms with Crippen molar-refractivity contribution in [3.05, 3.63) is 35.9 Å². The molecule has 0 aliphatic carbocycles. The van der Waals surface area contributed by atoms with E-state index in [9.17, 15) is 9.59 Å². The maximum Gasteiger partial charge on any atom is 0.240 e. The lowest BCUT2D eigenvalue weighted by molar-refractivity contribution is -0.118. The van der Waals surface area contributed by atoms with E-state index in [0.29, 0.717) is 12.2 Å². The largest absolute Gasteiger partial charge is 0.308 e. The topological polar surface area (TPSA) is 68.1 Å². The average molecular weight is 353 g/mol. The van der Waals surface area contributed by atoms with Gasteiger partial charge < -0.3 is 4.90 Å². The predicted octanol–water partition coefficient (Wildman–Crippen LogP) is 2.94. The van der Waals surface area contributed by atoms with Crippen molar-refractivity contribution in [3.8, 4) is 5.69 Å². The Morgan fingerprint density at radius 2 is 2.22 bits per heavy atom. The first kappa shape index (κ1) is 17.5. The van der Waals surface area contributed by atoms with E-state index in [2.05, 4.69) is 10.1 Å². The minimum Gasteiger partial charge on any atom is -0.308 e. The summed E-state index contributed by atoms with van der Waals surface area (Å²) < 4.78 is 1.57. The van der Waals surface area contributed by atoms with Crippen LogP contribution in [0.15, 0.2) is 30.7 Å². The molecule has 2 aromatic heterocycles. The highest BCUT2D eigenvalue weighted by Gasteiger charge is 2.25. The summed E-state index contributed by atoms with van der Waals surface area (Å²) in [4.78, 5) is 29.3. The zero-order valence-electron chi connectivity index (χ0n) is 13.1. The molecule has 0 radical (unpaired) electrons. The molecule has 2 rings (SSSR count). The van der Waals surface area contributed by atoms with Gasteiger partial charge in [-0.2, -0.15) is 5.10 Å². The van der Waals surface area contributed by atoms with Crippen LogP contribution < -0.4 is 4.90 Å². The summed E-state index contributed by atoms with van der Waals surface area (Å²) in [5.74, 6) is -0.180. The monoisotopic (exact) mass is 352 g/mol. The van der Waals surface area contributed by atoms with Gasteiger partial charge in [-0.05, 0) is 26.0 Å². The highest BCUT2D eigenvalue weighted by atomic mass is 35.5. The molecule has 0 N–H and O–H groups in total. The first-order chi connectivity index (χ1) is 10.9. The van der Waals surface area contributed by atoms with E-state index < -0.39 is 5.25 Å². The Kier molecular flexibility index (Phi) is 5.79. The molecule has 1 amide bonds. The van der Waals surface area contributed by atoms with Crippen LogP contribution in [-0.4, -0.2) is 37.6 Å². The molecule has 2 heterocycles. The number of carbonyl (C=O) groups is 2. The molecule has 23 heavy (non-hydrogen) atoms. The minimum absolute atomic E-state index is 0.0981. The van der Waals surface area contributed by atoms with Crippen LogP contribution >= 0.6 is 23.4 Å². The summed E-state index contributed by atoms with van der Waals surface area (Å²) in [5.41, 5.74) is 1.26. The molecular formula is C15H17ClN4O2S. The van der Waals surface area contributed by atoms with Gasteiger partial charge in [0, 0.05) is 19.7 Å². The molecule has 0 aromatic carbocycles. The fourth-order valence-corrected chi connectivity index (χ4v) is 3.07. The summed E-state index contributed by atoms with van der Waals surface area (Å²) in [5, 5.41) is 3.87. The molecule has 1 unspecified atom stereocenters. The summed E-state index contributed by atoms with van der Waals surface area (Å²) in [6, 6.07) is 3.63. The van der Waals surface area contributed by atoms with Gasteiger partial charge in [0.05, 0.1) is 23.3 Å². The maximum absolute atomic E-state index is 12.6. The number of pyridine rings is 1. The fraction of sp³-hybridized carbons (Fsp3) is 0.333. The predicted molar refractivity (Wildman–Crippen MR) is 92.1 cm³/mol. The van der Waals surface area contributed by atoms with Crippen molar-refractivity contribution in [2.24, 2.45) is 0 Å². The molecule has 0 aliphatic heterocycles. The molecule has 6 nitrogen and oxygen atoms in total. The van der Waals surface area contributed by atoms with E-state index in [4.69, 9.17) is 11.6 Å². The third kappa shape index (κ3) is 4.11. The van der Waals surface area contributed by atoms with Gasteiger partial charge in [-0.25, -0.2) is 4.68 Å². The Hall–Kier alpha value is -1.86. The highest BCUT2D eigenvalue weighted by molar-refractivity contribution is 8.14. The molecule has 0 saturated heterocycles. The number of halogens is 1. The number of rotatable bonds is 5. The smallest absolute Gasteiger partial charge is 0.240 e. The van der Waals surface area contributed by atoms with E-state index in [1.165, 1.54) is 11.8 Å². The number of thioether (sulfide) groups is 1. The third-order valence-corrected chi connectivity index (χ3v) is 4.28. The molecular weight excluding hydrogens is 336 g/mol. The van der Waals surface area contributed by atoms with Crippen LogP contribution in [0.25, 0.3) is 5.69 Å². The zero-order chi connectivity index (χ0) is 17.0. The van der Waals surface area contributed by atoms with E-state index in [0.717, 1.165) is 17.4 Å². The van der Waals surface area contributed by atoms with Gasteiger partial charge in [-0.15, -0.1) is 0 Å². The van der Waals surface area contributed by atoms with Gasteiger partial charge in [-0.3, -0.25) is 14.6 Å². The van der Waals surface area contributed by atoms with E-state index in [1.807, 2.05) is 13.0 Å². The lowest BCUT2D eigenvalue weighted by Crippen LogP contribution is -2.36. The number of carbonyl (C=O) groups excluding carboxylic acids is 2. The van der Waals surface area contributed by atoms with Crippen molar-refractivity contribution in [2.75, 3.05) is 11.4 Å².